The Morgan fingerprint density at radius 1 is 1.21 bits per heavy atom. The number of ether oxygens (including phenoxy) is 1. The Morgan fingerprint density at radius 2 is 1.95 bits per heavy atom. The van der Waals surface area contributed by atoms with Crippen LogP contribution in [0.5, 0.6) is 11.6 Å². The predicted molar refractivity (Wildman–Crippen MR) is 62.6 cm³/mol. The zero-order chi connectivity index (χ0) is 14.0. The Hall–Kier alpha value is -2.21. The zero-order valence-corrected chi connectivity index (χ0v) is 9.99. The highest BCUT2D eigenvalue weighted by molar-refractivity contribution is 6.33. The van der Waals surface area contributed by atoms with Gasteiger partial charge in [-0.2, -0.15) is 0 Å². The molecule has 0 aliphatic carbocycles. The molecule has 19 heavy (non-hydrogen) atoms. The number of carbonyl (C=O) groups is 1. The molecule has 4 nitrogen and oxygen atoms in total. The lowest BCUT2D eigenvalue weighted by Crippen LogP contribution is -2.02. The summed E-state index contributed by atoms with van der Waals surface area (Å²) in [5.41, 5.74) is -0.387. The van der Waals surface area contributed by atoms with Crippen molar-refractivity contribution >= 4 is 17.6 Å². The van der Waals surface area contributed by atoms with Crippen molar-refractivity contribution < 1.29 is 23.4 Å². The summed E-state index contributed by atoms with van der Waals surface area (Å²) in [5.74, 6) is -3.51. The van der Waals surface area contributed by atoms with E-state index in [9.17, 15) is 13.6 Å². The highest BCUT2D eigenvalue weighted by Crippen LogP contribution is 2.24. The largest absolute Gasteiger partial charge is 0.476 e. The van der Waals surface area contributed by atoms with Gasteiger partial charge in [0, 0.05) is 12.1 Å². The van der Waals surface area contributed by atoms with Gasteiger partial charge in [0.25, 0.3) is 0 Å². The monoisotopic (exact) mass is 285 g/mol. The molecule has 0 amide bonds. The lowest BCUT2D eigenvalue weighted by molar-refractivity contribution is 0.0690. The summed E-state index contributed by atoms with van der Waals surface area (Å²) in [5, 5.41) is 8.77. The maximum absolute atomic E-state index is 13.0. The van der Waals surface area contributed by atoms with Crippen molar-refractivity contribution in [2.75, 3.05) is 0 Å². The third-order valence-corrected chi connectivity index (χ3v) is 2.44. The molecule has 1 N–H and O–H groups in total. The van der Waals surface area contributed by atoms with Crippen LogP contribution in [0.3, 0.4) is 0 Å². The molecule has 1 aromatic carbocycles. The van der Waals surface area contributed by atoms with E-state index < -0.39 is 17.6 Å². The predicted octanol–water partition coefficient (Wildman–Crippen LogP) is 3.50. The summed E-state index contributed by atoms with van der Waals surface area (Å²) < 4.78 is 30.8. The van der Waals surface area contributed by atoms with Crippen LogP contribution in [0.25, 0.3) is 0 Å². The third kappa shape index (κ3) is 2.97. The number of pyridine rings is 1. The number of hydrogen-bond donors (Lipinski definition) is 1. The lowest BCUT2D eigenvalue weighted by atomic mass is 10.3. The summed E-state index contributed by atoms with van der Waals surface area (Å²) in [7, 11) is 0. The number of rotatable bonds is 3. The van der Waals surface area contributed by atoms with Gasteiger partial charge in [-0.3, -0.25) is 0 Å². The van der Waals surface area contributed by atoms with E-state index in [4.69, 9.17) is 21.4 Å². The third-order valence-electron chi connectivity index (χ3n) is 2.14. The number of aromatic nitrogens is 1. The normalized spacial score (nSPS) is 10.3. The standard InChI is InChI=1S/C12H6ClF2NO3/c13-7-2-4-10(16-11(7)12(17)18)19-6-1-3-8(14)9(15)5-6/h1-5H,(H,17,18). The lowest BCUT2D eigenvalue weighted by Gasteiger charge is -2.06. The molecule has 98 valence electrons. The second-order valence-electron chi connectivity index (χ2n) is 3.46. The fraction of sp³-hybridized carbons (Fsp3) is 0. The molecule has 2 aromatic rings. The number of aromatic carboxylic acids is 1. The molecule has 0 saturated carbocycles. The first-order chi connectivity index (χ1) is 8.97. The first-order valence-corrected chi connectivity index (χ1v) is 5.38. The van der Waals surface area contributed by atoms with Crippen molar-refractivity contribution in [3.05, 3.63) is 52.7 Å². The molecule has 7 heteroatoms. The SMILES string of the molecule is O=C(O)c1nc(Oc2ccc(F)c(F)c2)ccc1Cl. The van der Waals surface area contributed by atoms with Gasteiger partial charge in [-0.05, 0) is 18.2 Å². The smallest absolute Gasteiger partial charge is 0.356 e. The Kier molecular flexibility index (Phi) is 3.62. The van der Waals surface area contributed by atoms with E-state index >= 15 is 0 Å². The summed E-state index contributed by atoms with van der Waals surface area (Å²) >= 11 is 5.63. The number of halogens is 3. The number of carboxylic acids is 1. The van der Waals surface area contributed by atoms with Crippen LogP contribution >= 0.6 is 11.6 Å². The van der Waals surface area contributed by atoms with Crippen LogP contribution in [-0.2, 0) is 0 Å². The van der Waals surface area contributed by atoms with Gasteiger partial charge in [0.1, 0.15) is 5.75 Å². The van der Waals surface area contributed by atoms with Crippen molar-refractivity contribution in [2.24, 2.45) is 0 Å². The highest BCUT2D eigenvalue weighted by atomic mass is 35.5. The summed E-state index contributed by atoms with van der Waals surface area (Å²) in [4.78, 5) is 14.5. The Labute approximate surface area is 111 Å². The van der Waals surface area contributed by atoms with Gasteiger partial charge in [-0.1, -0.05) is 11.6 Å². The van der Waals surface area contributed by atoms with E-state index in [-0.39, 0.29) is 22.3 Å². The molecule has 0 aliphatic rings. The molecule has 0 bridgehead atoms. The molecular formula is C12H6ClF2NO3. The van der Waals surface area contributed by atoms with Gasteiger partial charge in [0.05, 0.1) is 5.02 Å². The van der Waals surface area contributed by atoms with Crippen LogP contribution < -0.4 is 4.74 Å². The molecule has 1 aromatic heterocycles. The molecule has 2 rings (SSSR count). The molecule has 0 saturated heterocycles. The van der Waals surface area contributed by atoms with Crippen molar-refractivity contribution in [2.45, 2.75) is 0 Å². The fourth-order valence-electron chi connectivity index (χ4n) is 1.29. The molecule has 0 radical (unpaired) electrons. The zero-order valence-electron chi connectivity index (χ0n) is 9.23. The van der Waals surface area contributed by atoms with E-state index in [1.165, 1.54) is 18.2 Å². The first-order valence-electron chi connectivity index (χ1n) is 5.00. The Balaban J connectivity index is 2.30. The molecule has 0 atom stereocenters. The van der Waals surface area contributed by atoms with Gasteiger partial charge >= 0.3 is 5.97 Å². The van der Waals surface area contributed by atoms with E-state index in [0.29, 0.717) is 0 Å². The first kappa shape index (κ1) is 13.2. The highest BCUT2D eigenvalue weighted by Gasteiger charge is 2.13. The van der Waals surface area contributed by atoms with Crippen molar-refractivity contribution in [3.8, 4) is 11.6 Å². The Bertz CT molecular complexity index is 649. The van der Waals surface area contributed by atoms with Crippen LogP contribution in [0, 0.1) is 11.6 Å². The molecule has 0 fully saturated rings. The van der Waals surface area contributed by atoms with Crippen LogP contribution in [0.1, 0.15) is 10.5 Å². The minimum absolute atomic E-state index is 0.00920. The summed E-state index contributed by atoms with van der Waals surface area (Å²) in [6, 6.07) is 5.50. The van der Waals surface area contributed by atoms with Crippen LogP contribution in [-0.4, -0.2) is 16.1 Å². The van der Waals surface area contributed by atoms with E-state index in [1.54, 1.807) is 0 Å². The number of benzene rings is 1. The van der Waals surface area contributed by atoms with Gasteiger partial charge in [0.2, 0.25) is 5.88 Å². The van der Waals surface area contributed by atoms with Gasteiger partial charge in [-0.15, -0.1) is 0 Å². The number of hydrogen-bond acceptors (Lipinski definition) is 3. The number of nitrogens with zero attached hydrogens (tertiary/aromatic N) is 1. The van der Waals surface area contributed by atoms with Crippen LogP contribution in [0.2, 0.25) is 5.02 Å². The number of carboxylic acid groups (broad SMARTS) is 1. The second-order valence-corrected chi connectivity index (χ2v) is 3.87. The van der Waals surface area contributed by atoms with E-state index in [2.05, 4.69) is 4.98 Å². The summed E-state index contributed by atoms with van der Waals surface area (Å²) in [6.07, 6.45) is 0. The van der Waals surface area contributed by atoms with Crippen LogP contribution in [0.15, 0.2) is 30.3 Å². The molecule has 0 spiro atoms. The van der Waals surface area contributed by atoms with E-state index in [0.717, 1.165) is 12.1 Å². The molecular weight excluding hydrogens is 280 g/mol. The summed E-state index contributed by atoms with van der Waals surface area (Å²) in [6.45, 7) is 0. The maximum atomic E-state index is 13.0. The Morgan fingerprint density at radius 3 is 2.58 bits per heavy atom. The maximum Gasteiger partial charge on any atom is 0.356 e. The van der Waals surface area contributed by atoms with Crippen molar-refractivity contribution in [1.82, 2.24) is 4.98 Å². The van der Waals surface area contributed by atoms with Crippen molar-refractivity contribution in [1.29, 1.82) is 0 Å². The molecule has 0 aliphatic heterocycles. The fourth-order valence-corrected chi connectivity index (χ4v) is 1.48. The van der Waals surface area contributed by atoms with Gasteiger partial charge in [-0.25, -0.2) is 18.6 Å². The van der Waals surface area contributed by atoms with Gasteiger partial charge < -0.3 is 9.84 Å². The average Bonchev–Trinajstić information content (AvgIpc) is 2.36. The minimum Gasteiger partial charge on any atom is -0.476 e. The van der Waals surface area contributed by atoms with Gasteiger partial charge in [0.15, 0.2) is 17.3 Å². The topological polar surface area (TPSA) is 59.4 Å². The van der Waals surface area contributed by atoms with E-state index in [1.807, 2.05) is 0 Å². The van der Waals surface area contributed by atoms with Crippen LogP contribution in [0.4, 0.5) is 8.78 Å². The average molecular weight is 286 g/mol. The molecule has 0 unspecified atom stereocenters. The quantitative estimate of drug-likeness (QED) is 0.937. The minimum atomic E-state index is -1.32. The second kappa shape index (κ2) is 5.19. The van der Waals surface area contributed by atoms with Crippen molar-refractivity contribution in [3.63, 3.8) is 0 Å². The molecule has 1 heterocycles.